The maximum absolute atomic E-state index is 13.9. The highest BCUT2D eigenvalue weighted by atomic mass is 16.5. The van der Waals surface area contributed by atoms with Crippen molar-refractivity contribution in [1.82, 2.24) is 25.2 Å². The summed E-state index contributed by atoms with van der Waals surface area (Å²) in [5.41, 5.74) is 2.17. The van der Waals surface area contributed by atoms with E-state index in [-0.39, 0.29) is 25.5 Å². The van der Waals surface area contributed by atoms with Gasteiger partial charge in [0.2, 0.25) is 5.91 Å². The Hall–Kier alpha value is -4.86. The topological polar surface area (TPSA) is 116 Å². The zero-order valence-electron chi connectivity index (χ0n) is 20.1. The average molecular weight is 500 g/mol. The molecule has 3 heterocycles. The summed E-state index contributed by atoms with van der Waals surface area (Å²) in [6, 6.07) is 20.5. The average Bonchev–Trinajstić information content (AvgIpc) is 3.70. The van der Waals surface area contributed by atoms with E-state index < -0.39 is 11.9 Å². The standard InChI is InChI=1S/C27H25N5O5/c1-35-20-8-4-7-19(15-20)17-31(25(33)18-32-23-11-3-2-10-22(23)29-30-32)26(24-12-6-14-37-24)27(34)28-16-21-9-5-13-36-21/h2-15,26H,16-18H2,1H3,(H,28,34)/t26-/m1/s1. The van der Waals surface area contributed by atoms with Gasteiger partial charge in [0.1, 0.15) is 29.3 Å². The van der Waals surface area contributed by atoms with E-state index in [1.165, 1.54) is 22.1 Å². The molecule has 0 unspecified atom stereocenters. The Bertz CT molecular complexity index is 1480. The number of carbonyl (C=O) groups excluding carboxylic acids is 2. The van der Waals surface area contributed by atoms with Crippen LogP contribution in [0.4, 0.5) is 0 Å². The molecule has 2 aromatic carbocycles. The Balaban J connectivity index is 1.49. The SMILES string of the molecule is COc1cccc(CN(C(=O)Cn2nnc3ccccc32)[C@@H](C(=O)NCc2ccco2)c2ccco2)c1. The molecule has 1 atom stereocenters. The van der Waals surface area contributed by atoms with Crippen LogP contribution in [0.5, 0.6) is 5.75 Å². The van der Waals surface area contributed by atoms with E-state index in [0.717, 1.165) is 5.56 Å². The lowest BCUT2D eigenvalue weighted by molar-refractivity contribution is -0.143. The lowest BCUT2D eigenvalue weighted by Gasteiger charge is -2.30. The molecule has 1 N–H and O–H groups in total. The quantitative estimate of drug-likeness (QED) is 0.311. The summed E-state index contributed by atoms with van der Waals surface area (Å²) in [4.78, 5) is 28.9. The number of aromatic nitrogens is 3. The van der Waals surface area contributed by atoms with E-state index in [4.69, 9.17) is 13.6 Å². The molecule has 0 fully saturated rings. The number of benzene rings is 2. The fourth-order valence-electron chi connectivity index (χ4n) is 4.10. The largest absolute Gasteiger partial charge is 0.497 e. The zero-order chi connectivity index (χ0) is 25.6. The van der Waals surface area contributed by atoms with Crippen molar-refractivity contribution in [3.63, 3.8) is 0 Å². The number of para-hydroxylation sites is 1. The Kier molecular flexibility index (Phi) is 6.98. The molecule has 5 rings (SSSR count). The Labute approximate surface area is 212 Å². The first-order valence-corrected chi connectivity index (χ1v) is 11.7. The Morgan fingerprint density at radius 1 is 1.03 bits per heavy atom. The van der Waals surface area contributed by atoms with Crippen molar-refractivity contribution < 1.29 is 23.2 Å². The highest BCUT2D eigenvalue weighted by molar-refractivity contribution is 5.88. The van der Waals surface area contributed by atoms with Crippen LogP contribution in [0, 0.1) is 0 Å². The summed E-state index contributed by atoms with van der Waals surface area (Å²) >= 11 is 0. The second-order valence-electron chi connectivity index (χ2n) is 8.32. The number of nitrogens with one attached hydrogen (secondary N) is 1. The molecule has 0 spiro atoms. The van der Waals surface area contributed by atoms with Crippen LogP contribution in [0.3, 0.4) is 0 Å². The number of fused-ring (bicyclic) bond motifs is 1. The highest BCUT2D eigenvalue weighted by Crippen LogP contribution is 2.26. The zero-order valence-corrected chi connectivity index (χ0v) is 20.1. The van der Waals surface area contributed by atoms with Gasteiger partial charge in [0.25, 0.3) is 5.91 Å². The summed E-state index contributed by atoms with van der Waals surface area (Å²) in [6.45, 7) is 0.174. The first kappa shape index (κ1) is 23.9. The number of nitrogens with zero attached hydrogens (tertiary/aromatic N) is 4. The van der Waals surface area contributed by atoms with Crippen molar-refractivity contribution in [2.45, 2.75) is 25.7 Å². The number of amides is 2. The van der Waals surface area contributed by atoms with Crippen LogP contribution in [0.2, 0.25) is 0 Å². The van der Waals surface area contributed by atoms with Gasteiger partial charge in [-0.15, -0.1) is 5.10 Å². The number of furan rings is 2. The fraction of sp³-hybridized carbons (Fsp3) is 0.185. The van der Waals surface area contributed by atoms with Gasteiger partial charge in [-0.3, -0.25) is 9.59 Å². The minimum atomic E-state index is -1.04. The normalized spacial score (nSPS) is 11.8. The second-order valence-corrected chi connectivity index (χ2v) is 8.32. The van der Waals surface area contributed by atoms with E-state index in [0.29, 0.717) is 28.3 Å². The molecule has 0 saturated heterocycles. The molecule has 0 radical (unpaired) electrons. The van der Waals surface area contributed by atoms with Gasteiger partial charge in [-0.2, -0.15) is 0 Å². The van der Waals surface area contributed by atoms with Crippen molar-refractivity contribution in [1.29, 1.82) is 0 Å². The van der Waals surface area contributed by atoms with E-state index in [1.807, 2.05) is 48.5 Å². The molecule has 2 amide bonds. The van der Waals surface area contributed by atoms with Crippen molar-refractivity contribution in [2.24, 2.45) is 0 Å². The number of ether oxygens (including phenoxy) is 1. The Morgan fingerprint density at radius 3 is 2.65 bits per heavy atom. The summed E-state index contributed by atoms with van der Waals surface area (Å²) < 4.78 is 17.9. The number of rotatable bonds is 10. The summed E-state index contributed by atoms with van der Waals surface area (Å²) in [5.74, 6) is 0.811. The number of hydrogen-bond donors (Lipinski definition) is 1. The fourth-order valence-corrected chi connectivity index (χ4v) is 4.10. The van der Waals surface area contributed by atoms with Crippen LogP contribution >= 0.6 is 0 Å². The van der Waals surface area contributed by atoms with Crippen LogP contribution < -0.4 is 10.1 Å². The number of methoxy groups -OCH3 is 1. The van der Waals surface area contributed by atoms with Gasteiger partial charge in [-0.1, -0.05) is 29.5 Å². The van der Waals surface area contributed by atoms with Crippen LogP contribution in [-0.4, -0.2) is 38.8 Å². The van der Waals surface area contributed by atoms with Gasteiger partial charge in [0.05, 0.1) is 31.7 Å². The van der Waals surface area contributed by atoms with E-state index in [1.54, 1.807) is 31.4 Å². The minimum Gasteiger partial charge on any atom is -0.497 e. The van der Waals surface area contributed by atoms with Crippen molar-refractivity contribution >= 4 is 22.8 Å². The van der Waals surface area contributed by atoms with E-state index >= 15 is 0 Å². The van der Waals surface area contributed by atoms with Gasteiger partial charge < -0.3 is 23.8 Å². The van der Waals surface area contributed by atoms with Gasteiger partial charge in [-0.05, 0) is 54.1 Å². The predicted molar refractivity (Wildman–Crippen MR) is 133 cm³/mol. The molecule has 37 heavy (non-hydrogen) atoms. The third kappa shape index (κ3) is 5.37. The third-order valence-electron chi connectivity index (χ3n) is 5.90. The smallest absolute Gasteiger partial charge is 0.251 e. The summed E-state index contributed by atoms with van der Waals surface area (Å²) in [5, 5.41) is 11.2. The van der Waals surface area contributed by atoms with Gasteiger partial charge in [0, 0.05) is 6.54 Å². The first-order chi connectivity index (χ1) is 18.1. The van der Waals surface area contributed by atoms with Crippen LogP contribution in [-0.2, 0) is 29.2 Å². The van der Waals surface area contributed by atoms with Crippen LogP contribution in [0.1, 0.15) is 23.1 Å². The van der Waals surface area contributed by atoms with Crippen molar-refractivity contribution in [3.8, 4) is 5.75 Å². The lowest BCUT2D eigenvalue weighted by atomic mass is 10.1. The van der Waals surface area contributed by atoms with Gasteiger partial charge >= 0.3 is 0 Å². The van der Waals surface area contributed by atoms with Gasteiger partial charge in [0.15, 0.2) is 6.04 Å². The molecule has 5 aromatic rings. The molecule has 0 aliphatic heterocycles. The van der Waals surface area contributed by atoms with E-state index in [2.05, 4.69) is 15.6 Å². The second kappa shape index (κ2) is 10.8. The molecule has 10 nitrogen and oxygen atoms in total. The maximum atomic E-state index is 13.9. The summed E-state index contributed by atoms with van der Waals surface area (Å²) in [6.07, 6.45) is 3.01. The molecular weight excluding hydrogens is 474 g/mol. The molecular formula is C27H25N5O5. The molecule has 0 bridgehead atoms. The minimum absolute atomic E-state index is 0.118. The van der Waals surface area contributed by atoms with Crippen LogP contribution in [0.15, 0.2) is 94.2 Å². The predicted octanol–water partition coefficient (Wildman–Crippen LogP) is 3.71. The Morgan fingerprint density at radius 2 is 1.86 bits per heavy atom. The molecule has 0 aliphatic carbocycles. The third-order valence-corrected chi connectivity index (χ3v) is 5.90. The van der Waals surface area contributed by atoms with E-state index in [9.17, 15) is 9.59 Å². The first-order valence-electron chi connectivity index (χ1n) is 11.7. The number of hydrogen-bond acceptors (Lipinski definition) is 7. The summed E-state index contributed by atoms with van der Waals surface area (Å²) in [7, 11) is 1.57. The molecule has 0 saturated carbocycles. The molecule has 10 heteroatoms. The van der Waals surface area contributed by atoms with Crippen molar-refractivity contribution in [3.05, 3.63) is 102 Å². The lowest BCUT2D eigenvalue weighted by Crippen LogP contribution is -2.44. The maximum Gasteiger partial charge on any atom is 0.251 e. The monoisotopic (exact) mass is 499 g/mol. The number of carbonyl (C=O) groups is 2. The molecule has 0 aliphatic rings. The molecule has 188 valence electrons. The van der Waals surface area contributed by atoms with Crippen LogP contribution in [0.25, 0.3) is 11.0 Å². The van der Waals surface area contributed by atoms with Crippen molar-refractivity contribution in [2.75, 3.05) is 7.11 Å². The molecule has 3 aromatic heterocycles. The highest BCUT2D eigenvalue weighted by Gasteiger charge is 2.34. The van der Waals surface area contributed by atoms with Gasteiger partial charge in [-0.25, -0.2) is 4.68 Å².